The van der Waals surface area contributed by atoms with Crippen LogP contribution < -0.4 is 4.90 Å². The molecule has 1 aliphatic carbocycles. The Balaban J connectivity index is 1.54. The van der Waals surface area contributed by atoms with Crippen LogP contribution in [0.4, 0.5) is 5.82 Å². The van der Waals surface area contributed by atoms with E-state index < -0.39 is 0 Å². The monoisotopic (exact) mass is 384 g/mol. The predicted molar refractivity (Wildman–Crippen MR) is 114 cm³/mol. The summed E-state index contributed by atoms with van der Waals surface area (Å²) in [5, 5.41) is 4.60. The van der Waals surface area contributed by atoms with Crippen molar-refractivity contribution in [1.82, 2.24) is 24.1 Å². The van der Waals surface area contributed by atoms with Crippen molar-refractivity contribution in [3.8, 4) is 22.5 Å². The van der Waals surface area contributed by atoms with Gasteiger partial charge < -0.3 is 4.90 Å². The maximum Gasteiger partial charge on any atom is 0.155 e. The lowest BCUT2D eigenvalue weighted by atomic mass is 10.0. The van der Waals surface area contributed by atoms with Crippen molar-refractivity contribution in [2.45, 2.75) is 32.1 Å². The number of rotatable bonds is 4. The zero-order valence-corrected chi connectivity index (χ0v) is 16.8. The van der Waals surface area contributed by atoms with Crippen LogP contribution in [0, 0.1) is 6.92 Å². The Morgan fingerprint density at radius 3 is 2.55 bits per heavy atom. The van der Waals surface area contributed by atoms with Crippen molar-refractivity contribution in [2.24, 2.45) is 7.05 Å². The van der Waals surface area contributed by atoms with E-state index in [2.05, 4.69) is 45.6 Å². The summed E-state index contributed by atoms with van der Waals surface area (Å²) in [5.74, 6) is 2.76. The summed E-state index contributed by atoms with van der Waals surface area (Å²) in [6, 6.07) is 9.00. The van der Waals surface area contributed by atoms with Crippen LogP contribution in [0.3, 0.4) is 0 Å². The van der Waals surface area contributed by atoms with Crippen LogP contribution in [0.5, 0.6) is 0 Å². The molecule has 146 valence electrons. The second kappa shape index (κ2) is 6.17. The zero-order chi connectivity index (χ0) is 19.5. The molecule has 0 radical (unpaired) electrons. The van der Waals surface area contributed by atoms with E-state index in [0.29, 0.717) is 0 Å². The molecule has 6 rings (SSSR count). The summed E-state index contributed by atoms with van der Waals surface area (Å²) in [5.41, 5.74) is 6.83. The third kappa shape index (κ3) is 2.58. The Morgan fingerprint density at radius 1 is 1.07 bits per heavy atom. The van der Waals surface area contributed by atoms with E-state index in [-0.39, 0.29) is 0 Å². The van der Waals surface area contributed by atoms with Crippen molar-refractivity contribution >= 4 is 11.3 Å². The summed E-state index contributed by atoms with van der Waals surface area (Å²) < 4.78 is 4.12. The van der Waals surface area contributed by atoms with Gasteiger partial charge in [0.1, 0.15) is 17.0 Å². The Hall–Kier alpha value is -3.15. The number of imidazole rings is 1. The first-order valence-corrected chi connectivity index (χ1v) is 10.4. The van der Waals surface area contributed by atoms with Gasteiger partial charge in [0.25, 0.3) is 0 Å². The largest absolute Gasteiger partial charge is 0.355 e. The summed E-state index contributed by atoms with van der Waals surface area (Å²) in [6.07, 6.45) is 9.69. The number of nitrogens with zero attached hydrogens (tertiary/aromatic N) is 6. The number of anilines is 1. The summed E-state index contributed by atoms with van der Waals surface area (Å²) in [7, 11) is 2.01. The molecule has 2 fully saturated rings. The lowest BCUT2D eigenvalue weighted by Gasteiger charge is -2.32. The van der Waals surface area contributed by atoms with Crippen LogP contribution in [-0.2, 0) is 7.05 Å². The molecule has 1 aromatic carbocycles. The van der Waals surface area contributed by atoms with Gasteiger partial charge in [0, 0.05) is 43.7 Å². The standard InChI is InChI=1S/C23H24N6/c1-15-26-20(22-23(28-11-3-12-28)24-10-13-29(15)22)19-14-25-27(2)21(19)18-8-6-17(7-9-18)16-4-5-16/h6-10,13-14,16H,3-5,11-12H2,1-2H3. The fourth-order valence-electron chi connectivity index (χ4n) is 4.40. The predicted octanol–water partition coefficient (Wildman–Crippen LogP) is 4.19. The van der Waals surface area contributed by atoms with E-state index in [1.165, 1.54) is 30.4 Å². The molecule has 6 heteroatoms. The SMILES string of the molecule is Cc1nc(-c2cnn(C)c2-c2ccc(C3CC3)cc2)c2c(N3CCC3)nccn12. The third-order valence-corrected chi connectivity index (χ3v) is 6.29. The van der Waals surface area contributed by atoms with Gasteiger partial charge in [-0.05, 0) is 37.7 Å². The highest BCUT2D eigenvalue weighted by Gasteiger charge is 2.26. The van der Waals surface area contributed by atoms with E-state index in [0.717, 1.165) is 53.1 Å². The third-order valence-electron chi connectivity index (χ3n) is 6.29. The van der Waals surface area contributed by atoms with Crippen LogP contribution in [0.1, 0.15) is 36.6 Å². The Labute approximate surface area is 169 Å². The number of hydrogen-bond donors (Lipinski definition) is 0. The van der Waals surface area contributed by atoms with Gasteiger partial charge in [-0.25, -0.2) is 9.97 Å². The second-order valence-corrected chi connectivity index (χ2v) is 8.24. The minimum atomic E-state index is 0.764. The molecule has 1 saturated carbocycles. The van der Waals surface area contributed by atoms with Crippen LogP contribution in [0.15, 0.2) is 42.9 Å². The van der Waals surface area contributed by atoms with Crippen molar-refractivity contribution in [3.63, 3.8) is 0 Å². The lowest BCUT2D eigenvalue weighted by molar-refractivity contribution is 0.610. The minimum absolute atomic E-state index is 0.764. The van der Waals surface area contributed by atoms with Gasteiger partial charge in [0.15, 0.2) is 5.82 Å². The molecular formula is C23H24N6. The molecule has 1 saturated heterocycles. The summed E-state index contributed by atoms with van der Waals surface area (Å²) in [6.45, 7) is 4.16. The van der Waals surface area contributed by atoms with Gasteiger partial charge in [-0.3, -0.25) is 9.08 Å². The van der Waals surface area contributed by atoms with Crippen LogP contribution in [0.2, 0.25) is 0 Å². The van der Waals surface area contributed by atoms with E-state index in [1.807, 2.05) is 30.3 Å². The van der Waals surface area contributed by atoms with Crippen molar-refractivity contribution < 1.29 is 0 Å². The smallest absolute Gasteiger partial charge is 0.155 e. The molecule has 0 atom stereocenters. The zero-order valence-electron chi connectivity index (χ0n) is 16.8. The van der Waals surface area contributed by atoms with Gasteiger partial charge in [-0.15, -0.1) is 0 Å². The topological polar surface area (TPSA) is 51.2 Å². The highest BCUT2D eigenvalue weighted by molar-refractivity contribution is 5.92. The molecule has 3 aromatic heterocycles. The fraction of sp³-hybridized carbons (Fsp3) is 0.348. The fourth-order valence-corrected chi connectivity index (χ4v) is 4.40. The quantitative estimate of drug-likeness (QED) is 0.529. The van der Waals surface area contributed by atoms with E-state index in [1.54, 1.807) is 0 Å². The number of hydrogen-bond acceptors (Lipinski definition) is 4. The molecular weight excluding hydrogens is 360 g/mol. The Kier molecular flexibility index (Phi) is 3.57. The maximum atomic E-state index is 4.96. The van der Waals surface area contributed by atoms with Gasteiger partial charge >= 0.3 is 0 Å². The highest BCUT2D eigenvalue weighted by atomic mass is 15.3. The summed E-state index contributed by atoms with van der Waals surface area (Å²) in [4.78, 5) is 12.0. The maximum absolute atomic E-state index is 4.96. The Morgan fingerprint density at radius 2 is 1.86 bits per heavy atom. The van der Waals surface area contributed by atoms with Crippen LogP contribution in [0.25, 0.3) is 28.0 Å². The van der Waals surface area contributed by atoms with E-state index in [4.69, 9.17) is 9.97 Å². The first-order chi connectivity index (χ1) is 14.2. The van der Waals surface area contributed by atoms with Crippen molar-refractivity contribution in [3.05, 3.63) is 54.2 Å². The lowest BCUT2D eigenvalue weighted by Crippen LogP contribution is -2.37. The minimum Gasteiger partial charge on any atom is -0.355 e. The molecule has 4 heterocycles. The number of benzene rings is 1. The van der Waals surface area contributed by atoms with Gasteiger partial charge in [-0.2, -0.15) is 5.10 Å². The van der Waals surface area contributed by atoms with Crippen LogP contribution in [-0.4, -0.2) is 37.2 Å². The summed E-state index contributed by atoms with van der Waals surface area (Å²) >= 11 is 0. The first-order valence-electron chi connectivity index (χ1n) is 10.4. The molecule has 0 N–H and O–H groups in total. The average molecular weight is 384 g/mol. The van der Waals surface area contributed by atoms with E-state index in [9.17, 15) is 0 Å². The number of aromatic nitrogens is 5. The van der Waals surface area contributed by atoms with Crippen molar-refractivity contribution in [1.29, 1.82) is 0 Å². The number of fused-ring (bicyclic) bond motifs is 1. The number of aryl methyl sites for hydroxylation is 2. The van der Waals surface area contributed by atoms with Crippen LogP contribution >= 0.6 is 0 Å². The first kappa shape index (κ1) is 16.8. The van der Waals surface area contributed by atoms with Crippen molar-refractivity contribution in [2.75, 3.05) is 18.0 Å². The molecule has 0 amide bonds. The van der Waals surface area contributed by atoms with E-state index >= 15 is 0 Å². The normalized spacial score (nSPS) is 16.4. The van der Waals surface area contributed by atoms with Gasteiger partial charge in [-0.1, -0.05) is 24.3 Å². The Bertz CT molecular complexity index is 1210. The van der Waals surface area contributed by atoms with Gasteiger partial charge in [0.2, 0.25) is 0 Å². The molecule has 2 aliphatic rings. The average Bonchev–Trinajstić information content (AvgIpc) is 3.39. The molecule has 0 spiro atoms. The molecule has 0 bridgehead atoms. The molecule has 29 heavy (non-hydrogen) atoms. The highest BCUT2D eigenvalue weighted by Crippen LogP contribution is 2.42. The molecule has 1 aliphatic heterocycles. The second-order valence-electron chi connectivity index (χ2n) is 8.24. The molecule has 0 unspecified atom stereocenters. The molecule has 4 aromatic rings. The van der Waals surface area contributed by atoms with Gasteiger partial charge in [0.05, 0.1) is 11.9 Å². The molecule has 6 nitrogen and oxygen atoms in total.